The standard InChI is InChI=1S/C14H24N2O3S/c1-11(10-19-4)8-16-20(17,18)14-7-5-6-13(9-15-3)12(14)2/h5-7,11,15-16H,8-10H2,1-4H3. The van der Waals surface area contributed by atoms with Crippen LogP contribution < -0.4 is 10.0 Å². The Kier molecular flexibility index (Phi) is 6.61. The van der Waals surface area contributed by atoms with Crippen LogP contribution in [0.1, 0.15) is 18.1 Å². The van der Waals surface area contributed by atoms with Gasteiger partial charge in [0.15, 0.2) is 0 Å². The highest BCUT2D eigenvalue weighted by molar-refractivity contribution is 7.89. The highest BCUT2D eigenvalue weighted by Crippen LogP contribution is 2.18. The highest BCUT2D eigenvalue weighted by atomic mass is 32.2. The first-order valence-electron chi connectivity index (χ1n) is 6.64. The molecule has 0 amide bonds. The first-order chi connectivity index (χ1) is 9.42. The van der Waals surface area contributed by atoms with Gasteiger partial charge in [-0.3, -0.25) is 0 Å². The van der Waals surface area contributed by atoms with Gasteiger partial charge in [-0.15, -0.1) is 0 Å². The third-order valence-electron chi connectivity index (χ3n) is 3.13. The van der Waals surface area contributed by atoms with E-state index in [0.717, 1.165) is 11.1 Å². The SMILES string of the molecule is CNCc1cccc(S(=O)(=O)NCC(C)COC)c1C. The molecule has 20 heavy (non-hydrogen) atoms. The lowest BCUT2D eigenvalue weighted by molar-refractivity contribution is 0.161. The van der Waals surface area contributed by atoms with Crippen molar-refractivity contribution in [3.05, 3.63) is 29.3 Å². The minimum Gasteiger partial charge on any atom is -0.384 e. The molecule has 1 atom stereocenters. The van der Waals surface area contributed by atoms with Gasteiger partial charge >= 0.3 is 0 Å². The van der Waals surface area contributed by atoms with Crippen molar-refractivity contribution in [3.8, 4) is 0 Å². The molecular formula is C14H24N2O3S. The quantitative estimate of drug-likeness (QED) is 0.759. The molecule has 0 fully saturated rings. The Labute approximate surface area is 121 Å². The van der Waals surface area contributed by atoms with Crippen LogP contribution in [0.4, 0.5) is 0 Å². The van der Waals surface area contributed by atoms with Gasteiger partial charge in [-0.25, -0.2) is 13.1 Å². The second-order valence-corrected chi connectivity index (χ2v) is 6.72. The number of sulfonamides is 1. The zero-order valence-corrected chi connectivity index (χ0v) is 13.4. The van der Waals surface area contributed by atoms with Crippen molar-refractivity contribution in [2.24, 2.45) is 5.92 Å². The molecule has 0 saturated heterocycles. The Balaban J connectivity index is 2.90. The number of benzene rings is 1. The van der Waals surface area contributed by atoms with Gasteiger partial charge in [0.1, 0.15) is 0 Å². The van der Waals surface area contributed by atoms with Gasteiger partial charge in [-0.1, -0.05) is 19.1 Å². The average molecular weight is 300 g/mol. The number of hydrogen-bond acceptors (Lipinski definition) is 4. The molecule has 5 nitrogen and oxygen atoms in total. The molecule has 6 heteroatoms. The first kappa shape index (κ1) is 17.1. The third-order valence-corrected chi connectivity index (χ3v) is 4.69. The van der Waals surface area contributed by atoms with Crippen LogP contribution in [-0.2, 0) is 21.3 Å². The van der Waals surface area contributed by atoms with Crippen molar-refractivity contribution in [2.75, 3.05) is 27.3 Å². The largest absolute Gasteiger partial charge is 0.384 e. The van der Waals surface area contributed by atoms with Crippen LogP contribution in [0.15, 0.2) is 23.1 Å². The van der Waals surface area contributed by atoms with Crippen molar-refractivity contribution in [1.82, 2.24) is 10.0 Å². The van der Waals surface area contributed by atoms with E-state index in [9.17, 15) is 8.42 Å². The maximum Gasteiger partial charge on any atom is 0.240 e. The van der Waals surface area contributed by atoms with Crippen molar-refractivity contribution < 1.29 is 13.2 Å². The molecule has 1 aromatic carbocycles. The van der Waals surface area contributed by atoms with Crippen molar-refractivity contribution in [2.45, 2.75) is 25.3 Å². The van der Waals surface area contributed by atoms with E-state index in [2.05, 4.69) is 10.0 Å². The zero-order valence-electron chi connectivity index (χ0n) is 12.6. The van der Waals surface area contributed by atoms with E-state index in [4.69, 9.17) is 4.74 Å². The number of ether oxygens (including phenoxy) is 1. The number of rotatable bonds is 8. The Morgan fingerprint density at radius 2 is 2.05 bits per heavy atom. The van der Waals surface area contributed by atoms with E-state index in [0.29, 0.717) is 24.6 Å². The summed E-state index contributed by atoms with van der Waals surface area (Å²) in [5.74, 6) is 0.135. The summed E-state index contributed by atoms with van der Waals surface area (Å²) in [7, 11) is -0.0324. The molecule has 0 aromatic heterocycles. The number of nitrogens with one attached hydrogen (secondary N) is 2. The molecule has 1 unspecified atom stereocenters. The fourth-order valence-electron chi connectivity index (χ4n) is 2.01. The molecule has 0 heterocycles. The van der Waals surface area contributed by atoms with Gasteiger partial charge in [-0.05, 0) is 37.1 Å². The predicted molar refractivity (Wildman–Crippen MR) is 80.2 cm³/mol. The van der Waals surface area contributed by atoms with Gasteiger partial charge in [0.05, 0.1) is 4.90 Å². The Bertz CT molecular complexity index is 529. The maximum absolute atomic E-state index is 12.3. The predicted octanol–water partition coefficient (Wildman–Crippen LogP) is 1.28. The molecule has 0 aliphatic rings. The van der Waals surface area contributed by atoms with E-state index in [1.807, 2.05) is 27.0 Å². The van der Waals surface area contributed by atoms with Crippen LogP contribution >= 0.6 is 0 Å². The van der Waals surface area contributed by atoms with Crippen molar-refractivity contribution >= 4 is 10.0 Å². The lowest BCUT2D eigenvalue weighted by Crippen LogP contribution is -2.30. The van der Waals surface area contributed by atoms with Crippen LogP contribution in [-0.4, -0.2) is 35.7 Å². The summed E-state index contributed by atoms with van der Waals surface area (Å²) < 4.78 is 32.3. The fraction of sp³-hybridized carbons (Fsp3) is 0.571. The molecule has 0 aliphatic heterocycles. The normalized spacial score (nSPS) is 13.4. The van der Waals surface area contributed by atoms with Crippen LogP contribution in [0.5, 0.6) is 0 Å². The van der Waals surface area contributed by atoms with E-state index in [1.165, 1.54) is 0 Å². The fourth-order valence-corrected chi connectivity index (χ4v) is 3.46. The molecule has 0 spiro atoms. The average Bonchev–Trinajstić information content (AvgIpc) is 2.39. The second kappa shape index (κ2) is 7.73. The second-order valence-electron chi connectivity index (χ2n) is 4.98. The molecule has 114 valence electrons. The summed E-state index contributed by atoms with van der Waals surface area (Å²) in [6.07, 6.45) is 0. The van der Waals surface area contributed by atoms with Gasteiger partial charge < -0.3 is 10.1 Å². The summed E-state index contributed by atoms with van der Waals surface area (Å²) in [6.45, 7) is 5.32. The minimum atomic E-state index is -3.48. The summed E-state index contributed by atoms with van der Waals surface area (Å²) in [6, 6.07) is 5.34. The van der Waals surface area contributed by atoms with Crippen LogP contribution in [0.25, 0.3) is 0 Å². The van der Waals surface area contributed by atoms with Crippen LogP contribution in [0, 0.1) is 12.8 Å². The van der Waals surface area contributed by atoms with E-state index >= 15 is 0 Å². The van der Waals surface area contributed by atoms with Gasteiger partial charge in [0.2, 0.25) is 10.0 Å². The molecule has 0 aliphatic carbocycles. The summed E-state index contributed by atoms with van der Waals surface area (Å²) in [5, 5.41) is 3.04. The molecule has 2 N–H and O–H groups in total. The van der Waals surface area contributed by atoms with Crippen molar-refractivity contribution in [1.29, 1.82) is 0 Å². The monoisotopic (exact) mass is 300 g/mol. The number of methoxy groups -OCH3 is 1. The zero-order chi connectivity index (χ0) is 15.2. The first-order valence-corrected chi connectivity index (χ1v) is 8.12. The smallest absolute Gasteiger partial charge is 0.240 e. The van der Waals surface area contributed by atoms with E-state index in [1.54, 1.807) is 19.2 Å². The molecule has 1 rings (SSSR count). The Morgan fingerprint density at radius 3 is 2.65 bits per heavy atom. The lowest BCUT2D eigenvalue weighted by atomic mass is 10.1. The van der Waals surface area contributed by atoms with E-state index < -0.39 is 10.0 Å². The van der Waals surface area contributed by atoms with Gasteiger partial charge in [0, 0.05) is 26.8 Å². The molecule has 0 radical (unpaired) electrons. The lowest BCUT2D eigenvalue weighted by Gasteiger charge is -2.15. The maximum atomic E-state index is 12.3. The van der Waals surface area contributed by atoms with Crippen LogP contribution in [0.3, 0.4) is 0 Å². The summed E-state index contributed by atoms with van der Waals surface area (Å²) in [5.41, 5.74) is 1.77. The summed E-state index contributed by atoms with van der Waals surface area (Å²) in [4.78, 5) is 0.342. The minimum absolute atomic E-state index is 0.135. The topological polar surface area (TPSA) is 67.4 Å². The molecule has 1 aromatic rings. The Morgan fingerprint density at radius 1 is 1.35 bits per heavy atom. The molecule has 0 saturated carbocycles. The molecular weight excluding hydrogens is 276 g/mol. The molecule has 0 bridgehead atoms. The highest BCUT2D eigenvalue weighted by Gasteiger charge is 2.18. The third kappa shape index (κ3) is 4.56. The van der Waals surface area contributed by atoms with Crippen molar-refractivity contribution in [3.63, 3.8) is 0 Å². The van der Waals surface area contributed by atoms with Gasteiger partial charge in [0.25, 0.3) is 0 Å². The summed E-state index contributed by atoms with van der Waals surface area (Å²) >= 11 is 0. The van der Waals surface area contributed by atoms with E-state index in [-0.39, 0.29) is 5.92 Å². The Hall–Kier alpha value is -0.950. The number of hydrogen-bond donors (Lipinski definition) is 2. The van der Waals surface area contributed by atoms with Gasteiger partial charge in [-0.2, -0.15) is 0 Å². The van der Waals surface area contributed by atoms with Crippen LogP contribution in [0.2, 0.25) is 0 Å².